The number of nitrogens with one attached hydrogen (secondary N) is 2. The Morgan fingerprint density at radius 2 is 1.85 bits per heavy atom. The Bertz CT molecular complexity index is 428. The predicted octanol–water partition coefficient (Wildman–Crippen LogP) is 2.25. The van der Waals surface area contributed by atoms with Gasteiger partial charge in [-0.3, -0.25) is 9.89 Å². The van der Waals surface area contributed by atoms with Crippen LogP contribution in [-0.4, -0.2) is 76.1 Å². The van der Waals surface area contributed by atoms with Crippen molar-refractivity contribution in [1.29, 1.82) is 0 Å². The molecule has 0 aromatic carbocycles. The monoisotopic (exact) mass is 368 g/mol. The van der Waals surface area contributed by atoms with Crippen LogP contribution in [0.15, 0.2) is 4.99 Å². The lowest BCUT2D eigenvalue weighted by Crippen LogP contribution is -2.51. The summed E-state index contributed by atoms with van der Waals surface area (Å²) in [7, 11) is 1.75. The first-order chi connectivity index (χ1) is 12.5. The largest absolute Gasteiger partial charge is 0.379 e. The van der Waals surface area contributed by atoms with Crippen LogP contribution in [0.2, 0.25) is 0 Å². The van der Waals surface area contributed by atoms with Gasteiger partial charge in [0.15, 0.2) is 5.96 Å². The summed E-state index contributed by atoms with van der Waals surface area (Å²) < 4.78 is 11.0. The first-order valence-electron chi connectivity index (χ1n) is 10.4. The van der Waals surface area contributed by atoms with Crippen LogP contribution in [0.5, 0.6) is 0 Å². The molecule has 2 fully saturated rings. The highest BCUT2D eigenvalue weighted by Gasteiger charge is 2.34. The second-order valence-corrected chi connectivity index (χ2v) is 8.46. The molecule has 26 heavy (non-hydrogen) atoms. The standard InChI is InChI=1S/C20H40N4O2/c1-5-21-18(22-15-19(2,3)25-4)23-16-20(9-7-6-8-10-20)17-24-11-13-26-14-12-24/h5-17H2,1-4H3,(H2,21,22,23). The average molecular weight is 369 g/mol. The van der Waals surface area contributed by atoms with Crippen molar-refractivity contribution in [2.45, 2.75) is 58.5 Å². The molecule has 0 atom stereocenters. The minimum atomic E-state index is -0.237. The van der Waals surface area contributed by atoms with E-state index in [4.69, 9.17) is 14.5 Å². The summed E-state index contributed by atoms with van der Waals surface area (Å²) in [5.41, 5.74) is 0.112. The molecule has 0 bridgehead atoms. The third-order valence-electron chi connectivity index (χ3n) is 5.72. The molecule has 1 heterocycles. The fourth-order valence-electron chi connectivity index (χ4n) is 3.87. The molecule has 6 nitrogen and oxygen atoms in total. The molecular weight excluding hydrogens is 328 g/mol. The minimum absolute atomic E-state index is 0.237. The number of aliphatic imine (C=N–C) groups is 1. The van der Waals surface area contributed by atoms with Crippen LogP contribution in [0.3, 0.4) is 0 Å². The molecule has 1 aliphatic heterocycles. The van der Waals surface area contributed by atoms with Crippen LogP contribution in [0.1, 0.15) is 52.9 Å². The number of nitrogens with zero attached hydrogens (tertiary/aromatic N) is 2. The van der Waals surface area contributed by atoms with Gasteiger partial charge in [-0.25, -0.2) is 0 Å². The smallest absolute Gasteiger partial charge is 0.191 e. The first kappa shape index (κ1) is 21.5. The van der Waals surface area contributed by atoms with E-state index in [0.717, 1.165) is 45.4 Å². The maximum absolute atomic E-state index is 5.53. The highest BCUT2D eigenvalue weighted by Crippen LogP contribution is 2.36. The molecule has 0 unspecified atom stereocenters. The third-order valence-corrected chi connectivity index (χ3v) is 5.72. The Balaban J connectivity index is 1.97. The molecular formula is C20H40N4O2. The molecule has 0 aromatic rings. The molecule has 2 aliphatic rings. The summed E-state index contributed by atoms with van der Waals surface area (Å²) in [6.07, 6.45) is 6.68. The zero-order chi connectivity index (χ0) is 18.9. The van der Waals surface area contributed by atoms with Crippen molar-refractivity contribution >= 4 is 5.96 Å². The normalized spacial score (nSPS) is 22.2. The lowest BCUT2D eigenvalue weighted by atomic mass is 9.73. The molecule has 1 saturated carbocycles. The van der Waals surface area contributed by atoms with E-state index in [1.54, 1.807) is 7.11 Å². The van der Waals surface area contributed by atoms with E-state index in [1.807, 2.05) is 0 Å². The van der Waals surface area contributed by atoms with Crippen LogP contribution >= 0.6 is 0 Å². The lowest BCUT2D eigenvalue weighted by Gasteiger charge is -2.42. The summed E-state index contributed by atoms with van der Waals surface area (Å²) >= 11 is 0. The van der Waals surface area contributed by atoms with Crippen LogP contribution in [0.4, 0.5) is 0 Å². The molecule has 1 aliphatic carbocycles. The van der Waals surface area contributed by atoms with Crippen molar-refractivity contribution < 1.29 is 9.47 Å². The van der Waals surface area contributed by atoms with Gasteiger partial charge in [-0.15, -0.1) is 0 Å². The molecule has 2 rings (SSSR count). The van der Waals surface area contributed by atoms with Gasteiger partial charge in [-0.05, 0) is 33.6 Å². The van der Waals surface area contributed by atoms with Crippen LogP contribution in [0, 0.1) is 5.41 Å². The quantitative estimate of drug-likeness (QED) is 0.508. The second-order valence-electron chi connectivity index (χ2n) is 8.46. The number of guanidine groups is 1. The van der Waals surface area contributed by atoms with Crippen LogP contribution < -0.4 is 10.6 Å². The zero-order valence-electron chi connectivity index (χ0n) is 17.4. The fraction of sp³-hybridized carbons (Fsp3) is 0.950. The van der Waals surface area contributed by atoms with Crippen molar-refractivity contribution in [2.24, 2.45) is 10.4 Å². The zero-order valence-corrected chi connectivity index (χ0v) is 17.4. The topological polar surface area (TPSA) is 58.1 Å². The summed E-state index contributed by atoms with van der Waals surface area (Å²) in [4.78, 5) is 7.35. The summed E-state index contributed by atoms with van der Waals surface area (Å²) in [6.45, 7) is 13.8. The molecule has 6 heteroatoms. The summed E-state index contributed by atoms with van der Waals surface area (Å²) in [6, 6.07) is 0. The van der Waals surface area contributed by atoms with E-state index in [2.05, 4.69) is 36.3 Å². The van der Waals surface area contributed by atoms with Gasteiger partial charge < -0.3 is 20.1 Å². The van der Waals surface area contributed by atoms with Gasteiger partial charge in [0.2, 0.25) is 0 Å². The summed E-state index contributed by atoms with van der Waals surface area (Å²) in [5, 5.41) is 7.03. The molecule has 1 saturated heterocycles. The van der Waals surface area contributed by atoms with E-state index >= 15 is 0 Å². The molecule has 0 spiro atoms. The lowest BCUT2D eigenvalue weighted by molar-refractivity contribution is 0.00817. The van der Waals surface area contributed by atoms with Gasteiger partial charge in [-0.1, -0.05) is 19.3 Å². The first-order valence-corrected chi connectivity index (χ1v) is 10.4. The van der Waals surface area contributed by atoms with E-state index in [1.165, 1.54) is 38.6 Å². The van der Waals surface area contributed by atoms with Crippen LogP contribution in [0.25, 0.3) is 0 Å². The molecule has 152 valence electrons. The predicted molar refractivity (Wildman–Crippen MR) is 108 cm³/mol. The number of ether oxygens (including phenoxy) is 2. The second kappa shape index (κ2) is 10.5. The molecule has 0 radical (unpaired) electrons. The van der Waals surface area contributed by atoms with E-state index in [-0.39, 0.29) is 5.60 Å². The molecule has 0 aromatic heterocycles. The Kier molecular flexibility index (Phi) is 8.64. The van der Waals surface area contributed by atoms with Gasteiger partial charge in [0.05, 0.1) is 25.4 Å². The third kappa shape index (κ3) is 7.05. The Morgan fingerprint density at radius 3 is 2.46 bits per heavy atom. The van der Waals surface area contributed by atoms with Gasteiger partial charge in [0.25, 0.3) is 0 Å². The van der Waals surface area contributed by atoms with Crippen molar-refractivity contribution in [3.63, 3.8) is 0 Å². The number of hydrogen-bond acceptors (Lipinski definition) is 4. The Labute approximate surface area is 160 Å². The molecule has 2 N–H and O–H groups in total. The van der Waals surface area contributed by atoms with Crippen molar-refractivity contribution in [1.82, 2.24) is 15.5 Å². The van der Waals surface area contributed by atoms with Gasteiger partial charge in [-0.2, -0.15) is 0 Å². The van der Waals surface area contributed by atoms with Crippen molar-refractivity contribution in [2.75, 3.05) is 59.6 Å². The minimum Gasteiger partial charge on any atom is -0.379 e. The maximum atomic E-state index is 5.53. The summed E-state index contributed by atoms with van der Waals surface area (Å²) in [5.74, 6) is 0.907. The Hall–Kier alpha value is -0.850. The Morgan fingerprint density at radius 1 is 1.15 bits per heavy atom. The molecule has 0 amide bonds. The van der Waals surface area contributed by atoms with Gasteiger partial charge in [0.1, 0.15) is 0 Å². The number of hydrogen-bond donors (Lipinski definition) is 2. The van der Waals surface area contributed by atoms with Crippen molar-refractivity contribution in [3.8, 4) is 0 Å². The average Bonchev–Trinajstić information content (AvgIpc) is 2.66. The number of rotatable bonds is 8. The van der Waals surface area contributed by atoms with E-state index in [9.17, 15) is 0 Å². The van der Waals surface area contributed by atoms with Crippen LogP contribution in [-0.2, 0) is 9.47 Å². The van der Waals surface area contributed by atoms with E-state index in [0.29, 0.717) is 12.0 Å². The highest BCUT2D eigenvalue weighted by atomic mass is 16.5. The van der Waals surface area contributed by atoms with Gasteiger partial charge >= 0.3 is 0 Å². The highest BCUT2D eigenvalue weighted by molar-refractivity contribution is 5.79. The van der Waals surface area contributed by atoms with Crippen molar-refractivity contribution in [3.05, 3.63) is 0 Å². The van der Waals surface area contributed by atoms with E-state index < -0.39 is 0 Å². The fourth-order valence-corrected chi connectivity index (χ4v) is 3.87. The van der Waals surface area contributed by atoms with Gasteiger partial charge in [0, 0.05) is 45.2 Å². The maximum Gasteiger partial charge on any atom is 0.191 e. The number of morpholine rings is 1. The SMILES string of the molecule is CCNC(=NCC(C)(C)OC)NCC1(CN2CCOCC2)CCCCC1. The number of methoxy groups -OCH3 is 1.